The molecule has 0 spiro atoms. The quantitative estimate of drug-likeness (QED) is 0.425. The second kappa shape index (κ2) is 10.2. The van der Waals surface area contributed by atoms with Gasteiger partial charge in [-0.15, -0.1) is 0 Å². The first kappa shape index (κ1) is 16.0. The lowest BCUT2D eigenvalue weighted by Crippen LogP contribution is -2.12. The van der Waals surface area contributed by atoms with Crippen LogP contribution >= 0.6 is 0 Å². The molecule has 0 aliphatic heterocycles. The Morgan fingerprint density at radius 3 is 1.19 bits per heavy atom. The van der Waals surface area contributed by atoms with Gasteiger partial charge in [0.05, 0.1) is 0 Å². The van der Waals surface area contributed by atoms with Crippen LogP contribution in [0.1, 0.15) is 86.0 Å². The van der Waals surface area contributed by atoms with Gasteiger partial charge in [0.15, 0.2) is 0 Å². The molecule has 0 fully saturated rings. The van der Waals surface area contributed by atoms with Crippen molar-refractivity contribution in [2.75, 3.05) is 0 Å². The third-order valence-corrected chi connectivity index (χ3v) is 4.34. The zero-order valence-corrected chi connectivity index (χ0v) is 12.4. The molecule has 0 heteroatoms. The summed E-state index contributed by atoms with van der Waals surface area (Å²) >= 11 is 0. The smallest absolute Gasteiger partial charge is 0.0409 e. The van der Waals surface area contributed by atoms with Crippen molar-refractivity contribution in [2.45, 2.75) is 86.0 Å². The fraction of sp³-hybridized carbons (Fsp3) is 1.00. The Hall–Kier alpha value is 0. The van der Waals surface area contributed by atoms with E-state index in [-0.39, 0.29) is 0 Å². The summed E-state index contributed by atoms with van der Waals surface area (Å²) in [5.41, 5.74) is 0. The van der Waals surface area contributed by atoms with Gasteiger partial charge in [-0.2, -0.15) is 0 Å². The zero-order valence-electron chi connectivity index (χ0n) is 12.4. The predicted molar refractivity (Wildman–Crippen MR) is 75.8 cm³/mol. The summed E-state index contributed by atoms with van der Waals surface area (Å²) in [7, 11) is 0. The van der Waals surface area contributed by atoms with Crippen LogP contribution in [0.5, 0.6) is 0 Å². The van der Waals surface area contributed by atoms with E-state index in [9.17, 15) is 0 Å². The second-order valence-corrected chi connectivity index (χ2v) is 5.49. The molecule has 98 valence electrons. The Balaban J connectivity index is 4.13. The minimum Gasteiger partial charge on any atom is -0.0654 e. The molecule has 0 aromatic rings. The van der Waals surface area contributed by atoms with Crippen LogP contribution in [0.2, 0.25) is 0 Å². The fourth-order valence-corrected chi connectivity index (χ4v) is 2.93. The molecule has 0 heterocycles. The monoisotopic (exact) mass is 226 g/mol. The molecule has 0 aromatic heterocycles. The molecule has 0 atom stereocenters. The molecule has 0 radical (unpaired) electrons. The van der Waals surface area contributed by atoms with Gasteiger partial charge in [-0.05, 0) is 30.6 Å². The van der Waals surface area contributed by atoms with Crippen LogP contribution in [-0.2, 0) is 0 Å². The maximum atomic E-state index is 2.36. The molecular formula is C16H34. The SMILES string of the molecule is CCCC(CC(CC)CC)CC(CC)CC. The molecule has 16 heavy (non-hydrogen) atoms. The first-order valence-electron chi connectivity index (χ1n) is 7.71. The Bertz CT molecular complexity index is 117. The van der Waals surface area contributed by atoms with Crippen LogP contribution in [0.25, 0.3) is 0 Å². The second-order valence-electron chi connectivity index (χ2n) is 5.49. The van der Waals surface area contributed by atoms with E-state index in [1.54, 1.807) is 0 Å². The minimum atomic E-state index is 0.978. The zero-order chi connectivity index (χ0) is 12.4. The highest BCUT2D eigenvalue weighted by molar-refractivity contribution is 4.68. The van der Waals surface area contributed by atoms with Crippen LogP contribution in [0.15, 0.2) is 0 Å². The molecule has 0 amide bonds. The largest absolute Gasteiger partial charge is 0.0654 e. The number of rotatable bonds is 10. The van der Waals surface area contributed by atoms with Crippen molar-refractivity contribution < 1.29 is 0 Å². The standard InChI is InChI=1S/C16H34/c1-6-11-16(12-14(7-2)8-3)13-15(9-4)10-5/h14-16H,6-13H2,1-5H3. The lowest BCUT2D eigenvalue weighted by Gasteiger charge is -2.25. The summed E-state index contributed by atoms with van der Waals surface area (Å²) in [6.07, 6.45) is 11.3. The van der Waals surface area contributed by atoms with E-state index < -0.39 is 0 Å². The fourth-order valence-electron chi connectivity index (χ4n) is 2.93. The van der Waals surface area contributed by atoms with Gasteiger partial charge < -0.3 is 0 Å². The topological polar surface area (TPSA) is 0 Å². The average molecular weight is 226 g/mol. The molecule has 0 rings (SSSR count). The highest BCUT2D eigenvalue weighted by atomic mass is 14.2. The van der Waals surface area contributed by atoms with Crippen molar-refractivity contribution in [2.24, 2.45) is 17.8 Å². The third kappa shape index (κ3) is 6.55. The lowest BCUT2D eigenvalue weighted by atomic mass is 9.81. The van der Waals surface area contributed by atoms with Crippen molar-refractivity contribution in [1.82, 2.24) is 0 Å². The lowest BCUT2D eigenvalue weighted by molar-refractivity contribution is 0.270. The summed E-state index contributed by atoms with van der Waals surface area (Å²) in [4.78, 5) is 0. The van der Waals surface area contributed by atoms with Crippen molar-refractivity contribution in [1.29, 1.82) is 0 Å². The van der Waals surface area contributed by atoms with Gasteiger partial charge in [-0.3, -0.25) is 0 Å². The third-order valence-electron chi connectivity index (χ3n) is 4.34. The van der Waals surface area contributed by atoms with Gasteiger partial charge in [0, 0.05) is 0 Å². The van der Waals surface area contributed by atoms with Crippen LogP contribution in [0, 0.1) is 17.8 Å². The number of hydrogen-bond acceptors (Lipinski definition) is 0. The normalized spacial score (nSPS) is 12.0. The van der Waals surface area contributed by atoms with Gasteiger partial charge in [0.1, 0.15) is 0 Å². The first-order chi connectivity index (χ1) is 7.71. The van der Waals surface area contributed by atoms with E-state index in [0.717, 1.165) is 17.8 Å². The molecule has 0 nitrogen and oxygen atoms in total. The highest BCUT2D eigenvalue weighted by Gasteiger charge is 2.17. The molecule has 0 bridgehead atoms. The average Bonchev–Trinajstić information content (AvgIpc) is 2.32. The van der Waals surface area contributed by atoms with Gasteiger partial charge in [-0.1, -0.05) is 73.1 Å². The summed E-state index contributed by atoms with van der Waals surface area (Å²) in [5, 5.41) is 0. The van der Waals surface area contributed by atoms with Crippen molar-refractivity contribution in [3.63, 3.8) is 0 Å². The van der Waals surface area contributed by atoms with E-state index in [4.69, 9.17) is 0 Å². The Morgan fingerprint density at radius 1 is 0.562 bits per heavy atom. The van der Waals surface area contributed by atoms with Crippen LogP contribution in [-0.4, -0.2) is 0 Å². The summed E-state index contributed by atoms with van der Waals surface area (Å²) in [6.45, 7) is 11.8. The molecule has 0 N–H and O–H groups in total. The Kier molecular flexibility index (Phi) is 10.2. The Morgan fingerprint density at radius 2 is 0.938 bits per heavy atom. The molecular weight excluding hydrogens is 192 g/mol. The highest BCUT2D eigenvalue weighted by Crippen LogP contribution is 2.29. The molecule has 0 unspecified atom stereocenters. The van der Waals surface area contributed by atoms with E-state index in [1.165, 1.54) is 51.4 Å². The van der Waals surface area contributed by atoms with Gasteiger partial charge in [0.2, 0.25) is 0 Å². The van der Waals surface area contributed by atoms with E-state index in [1.807, 2.05) is 0 Å². The molecule has 0 aliphatic carbocycles. The molecule has 0 saturated heterocycles. The summed E-state index contributed by atoms with van der Waals surface area (Å²) in [5.74, 6) is 2.96. The molecule has 0 aromatic carbocycles. The minimum absolute atomic E-state index is 0.978. The Labute approximate surface area is 104 Å². The maximum Gasteiger partial charge on any atom is -0.0409 e. The predicted octanol–water partition coefficient (Wildman–Crippen LogP) is 6.06. The van der Waals surface area contributed by atoms with Crippen LogP contribution < -0.4 is 0 Å². The van der Waals surface area contributed by atoms with Crippen molar-refractivity contribution in [3.05, 3.63) is 0 Å². The molecule has 0 aliphatic rings. The maximum absolute atomic E-state index is 2.36. The first-order valence-corrected chi connectivity index (χ1v) is 7.71. The van der Waals surface area contributed by atoms with E-state index in [0.29, 0.717) is 0 Å². The summed E-state index contributed by atoms with van der Waals surface area (Å²) in [6, 6.07) is 0. The summed E-state index contributed by atoms with van der Waals surface area (Å²) < 4.78 is 0. The van der Waals surface area contributed by atoms with E-state index >= 15 is 0 Å². The van der Waals surface area contributed by atoms with Gasteiger partial charge in [0.25, 0.3) is 0 Å². The van der Waals surface area contributed by atoms with E-state index in [2.05, 4.69) is 34.6 Å². The molecule has 0 saturated carbocycles. The van der Waals surface area contributed by atoms with Gasteiger partial charge >= 0.3 is 0 Å². The van der Waals surface area contributed by atoms with Crippen LogP contribution in [0.4, 0.5) is 0 Å². The van der Waals surface area contributed by atoms with Crippen LogP contribution in [0.3, 0.4) is 0 Å². The van der Waals surface area contributed by atoms with Crippen molar-refractivity contribution >= 4 is 0 Å². The van der Waals surface area contributed by atoms with Crippen molar-refractivity contribution in [3.8, 4) is 0 Å². The van der Waals surface area contributed by atoms with Gasteiger partial charge in [-0.25, -0.2) is 0 Å². The number of hydrogen-bond donors (Lipinski definition) is 0.